The molecular formula is C15H13ClN2O4S. The number of nitro groups is 1. The van der Waals surface area contributed by atoms with Gasteiger partial charge in [0.2, 0.25) is 6.41 Å². The second-order valence-electron chi connectivity index (χ2n) is 4.32. The van der Waals surface area contributed by atoms with Crippen LogP contribution in [-0.4, -0.2) is 17.9 Å². The largest absolute Gasteiger partial charge is 0.494 e. The number of ether oxygens (including phenoxy) is 1. The molecule has 0 atom stereocenters. The summed E-state index contributed by atoms with van der Waals surface area (Å²) in [5.74, 6) is 0.436. The van der Waals surface area contributed by atoms with Crippen molar-refractivity contribution in [3.8, 4) is 5.75 Å². The lowest BCUT2D eigenvalue weighted by molar-refractivity contribution is -0.387. The number of nitrogens with one attached hydrogen (secondary N) is 1. The van der Waals surface area contributed by atoms with Crippen molar-refractivity contribution in [1.82, 2.24) is 0 Å². The van der Waals surface area contributed by atoms with Crippen LogP contribution in [0.2, 0.25) is 5.02 Å². The van der Waals surface area contributed by atoms with Crippen LogP contribution in [0.3, 0.4) is 0 Å². The molecule has 8 heteroatoms. The number of amides is 1. The highest BCUT2D eigenvalue weighted by Crippen LogP contribution is 2.40. The first-order valence-electron chi connectivity index (χ1n) is 6.64. The van der Waals surface area contributed by atoms with Crippen molar-refractivity contribution in [3.05, 3.63) is 51.5 Å². The Kier molecular flexibility index (Phi) is 5.84. The predicted molar refractivity (Wildman–Crippen MR) is 89.5 cm³/mol. The van der Waals surface area contributed by atoms with Crippen molar-refractivity contribution < 1.29 is 14.5 Å². The van der Waals surface area contributed by atoms with Gasteiger partial charge in [0, 0.05) is 9.92 Å². The van der Waals surface area contributed by atoms with E-state index in [0.29, 0.717) is 39.3 Å². The van der Waals surface area contributed by atoms with Gasteiger partial charge in [0.1, 0.15) is 5.75 Å². The minimum absolute atomic E-state index is 0.0621. The molecule has 23 heavy (non-hydrogen) atoms. The summed E-state index contributed by atoms with van der Waals surface area (Å²) in [5, 5.41) is 14.3. The Bertz CT molecular complexity index is 739. The predicted octanol–water partition coefficient (Wildman–Crippen LogP) is 4.37. The van der Waals surface area contributed by atoms with Crippen LogP contribution < -0.4 is 10.1 Å². The average molecular weight is 353 g/mol. The molecule has 0 aliphatic heterocycles. The van der Waals surface area contributed by atoms with Crippen molar-refractivity contribution in [2.24, 2.45) is 0 Å². The van der Waals surface area contributed by atoms with E-state index in [1.807, 2.05) is 0 Å². The van der Waals surface area contributed by atoms with Gasteiger partial charge in [-0.2, -0.15) is 0 Å². The van der Waals surface area contributed by atoms with Gasteiger partial charge in [-0.15, -0.1) is 0 Å². The summed E-state index contributed by atoms with van der Waals surface area (Å²) in [5.41, 5.74) is 0.425. The highest BCUT2D eigenvalue weighted by molar-refractivity contribution is 7.99. The fourth-order valence-corrected chi connectivity index (χ4v) is 3.02. The van der Waals surface area contributed by atoms with E-state index in [9.17, 15) is 14.9 Å². The van der Waals surface area contributed by atoms with Gasteiger partial charge in [-0.25, -0.2) is 0 Å². The number of benzene rings is 2. The molecule has 0 aliphatic carbocycles. The molecule has 0 aliphatic rings. The maximum atomic E-state index is 11.3. The van der Waals surface area contributed by atoms with E-state index < -0.39 is 4.92 Å². The summed E-state index contributed by atoms with van der Waals surface area (Å²) in [6.45, 7) is 2.23. The topological polar surface area (TPSA) is 81.5 Å². The molecule has 0 fully saturated rings. The molecule has 2 rings (SSSR count). The molecule has 0 unspecified atom stereocenters. The van der Waals surface area contributed by atoms with E-state index in [1.165, 1.54) is 17.8 Å². The number of hydrogen-bond donors (Lipinski definition) is 1. The number of carbonyl (C=O) groups is 1. The quantitative estimate of drug-likeness (QED) is 0.454. The number of nitrogens with zero attached hydrogens (tertiary/aromatic N) is 1. The zero-order valence-corrected chi connectivity index (χ0v) is 13.7. The van der Waals surface area contributed by atoms with Gasteiger partial charge in [-0.1, -0.05) is 23.4 Å². The first-order chi connectivity index (χ1) is 11.0. The summed E-state index contributed by atoms with van der Waals surface area (Å²) in [7, 11) is 0. The van der Waals surface area contributed by atoms with Crippen LogP contribution in [0.4, 0.5) is 11.4 Å². The van der Waals surface area contributed by atoms with Crippen LogP contribution >= 0.6 is 23.4 Å². The van der Waals surface area contributed by atoms with Crippen molar-refractivity contribution in [2.75, 3.05) is 11.9 Å². The molecule has 0 bridgehead atoms. The average Bonchev–Trinajstić information content (AvgIpc) is 2.51. The van der Waals surface area contributed by atoms with Crippen LogP contribution in [0.1, 0.15) is 6.92 Å². The maximum Gasteiger partial charge on any atom is 0.286 e. The molecule has 2 aromatic rings. The lowest BCUT2D eigenvalue weighted by Gasteiger charge is -2.10. The summed E-state index contributed by atoms with van der Waals surface area (Å²) in [6, 6.07) is 9.60. The van der Waals surface area contributed by atoms with Crippen molar-refractivity contribution >= 4 is 41.1 Å². The number of rotatable bonds is 7. The first kappa shape index (κ1) is 17.1. The maximum absolute atomic E-state index is 11.3. The Labute approximate surface area is 141 Å². The third-order valence-electron chi connectivity index (χ3n) is 2.81. The van der Waals surface area contributed by atoms with E-state index >= 15 is 0 Å². The fourth-order valence-electron chi connectivity index (χ4n) is 1.87. The van der Waals surface area contributed by atoms with Crippen LogP contribution in [0.5, 0.6) is 5.75 Å². The number of hydrogen-bond acceptors (Lipinski definition) is 5. The number of carbonyl (C=O) groups excluding carboxylic acids is 1. The summed E-state index contributed by atoms with van der Waals surface area (Å²) in [6.07, 6.45) is 0.530. The molecule has 0 spiro atoms. The number of nitro benzene ring substituents is 1. The van der Waals surface area contributed by atoms with Gasteiger partial charge >= 0.3 is 0 Å². The summed E-state index contributed by atoms with van der Waals surface area (Å²) < 4.78 is 5.29. The first-order valence-corrected chi connectivity index (χ1v) is 7.83. The molecule has 1 N–H and O–H groups in total. The zero-order chi connectivity index (χ0) is 16.8. The van der Waals surface area contributed by atoms with Crippen LogP contribution in [0.25, 0.3) is 0 Å². The third kappa shape index (κ3) is 4.37. The lowest BCUT2D eigenvalue weighted by Crippen LogP contribution is -1.97. The zero-order valence-electron chi connectivity index (χ0n) is 12.1. The van der Waals surface area contributed by atoms with Crippen LogP contribution in [0, 0.1) is 10.1 Å². The van der Waals surface area contributed by atoms with Gasteiger partial charge in [0.05, 0.1) is 28.2 Å². The van der Waals surface area contributed by atoms with Crippen LogP contribution in [0.15, 0.2) is 46.2 Å². The van der Waals surface area contributed by atoms with E-state index in [2.05, 4.69) is 5.32 Å². The van der Waals surface area contributed by atoms with Gasteiger partial charge < -0.3 is 10.1 Å². The molecule has 0 saturated heterocycles. The fraction of sp³-hybridized carbons (Fsp3) is 0.133. The standard InChI is InChI=1S/C15H13ClN2O4S/c1-2-22-11-4-6-15(13(8-11)18(20)21)23-14-5-3-10(16)7-12(14)17-9-19/h3-9H,2H2,1H3,(H,17,19). The normalized spacial score (nSPS) is 10.2. The molecule has 2 aromatic carbocycles. The second kappa shape index (κ2) is 7.85. The van der Waals surface area contributed by atoms with E-state index in [1.54, 1.807) is 37.3 Å². The van der Waals surface area contributed by atoms with E-state index in [-0.39, 0.29) is 5.69 Å². The smallest absolute Gasteiger partial charge is 0.286 e. The van der Waals surface area contributed by atoms with Crippen molar-refractivity contribution in [3.63, 3.8) is 0 Å². The molecule has 0 saturated carbocycles. The summed E-state index contributed by atoms with van der Waals surface area (Å²) in [4.78, 5) is 22.6. The van der Waals surface area contributed by atoms with E-state index in [4.69, 9.17) is 16.3 Å². The van der Waals surface area contributed by atoms with Crippen molar-refractivity contribution in [1.29, 1.82) is 0 Å². The van der Waals surface area contributed by atoms with E-state index in [0.717, 1.165) is 0 Å². The van der Waals surface area contributed by atoms with Gasteiger partial charge in [-0.05, 0) is 37.3 Å². The number of anilines is 1. The van der Waals surface area contributed by atoms with Gasteiger partial charge in [0.15, 0.2) is 0 Å². The van der Waals surface area contributed by atoms with Crippen LogP contribution in [-0.2, 0) is 4.79 Å². The second-order valence-corrected chi connectivity index (χ2v) is 5.84. The highest BCUT2D eigenvalue weighted by Gasteiger charge is 2.18. The minimum atomic E-state index is -0.465. The Morgan fingerprint density at radius 3 is 2.70 bits per heavy atom. The monoisotopic (exact) mass is 352 g/mol. The lowest BCUT2D eigenvalue weighted by atomic mass is 10.3. The molecule has 0 radical (unpaired) electrons. The Morgan fingerprint density at radius 2 is 2.04 bits per heavy atom. The third-order valence-corrected chi connectivity index (χ3v) is 4.19. The highest BCUT2D eigenvalue weighted by atomic mass is 35.5. The molecule has 0 heterocycles. The van der Waals surface area contributed by atoms with Gasteiger partial charge in [0.25, 0.3) is 5.69 Å². The Morgan fingerprint density at radius 1 is 1.30 bits per heavy atom. The number of halogens is 1. The minimum Gasteiger partial charge on any atom is -0.494 e. The SMILES string of the molecule is CCOc1ccc(Sc2ccc(Cl)cc2NC=O)c([N+](=O)[O-])c1. The molecular weight excluding hydrogens is 340 g/mol. The summed E-state index contributed by atoms with van der Waals surface area (Å²) >= 11 is 7.07. The Hall–Kier alpha value is -2.25. The molecule has 6 nitrogen and oxygen atoms in total. The molecule has 120 valence electrons. The molecule has 0 aromatic heterocycles. The Balaban J connectivity index is 2.39. The molecule has 1 amide bonds. The van der Waals surface area contributed by atoms with Gasteiger partial charge in [-0.3, -0.25) is 14.9 Å². The van der Waals surface area contributed by atoms with Crippen molar-refractivity contribution in [2.45, 2.75) is 16.7 Å².